The Morgan fingerprint density at radius 1 is 0.914 bits per heavy atom. The van der Waals surface area contributed by atoms with Crippen LogP contribution in [-0.4, -0.2) is 40.6 Å². The molecule has 3 amide bonds. The first-order chi connectivity index (χ1) is 16.7. The van der Waals surface area contributed by atoms with Gasteiger partial charge in [-0.2, -0.15) is 0 Å². The molecule has 0 aliphatic rings. The van der Waals surface area contributed by atoms with Gasteiger partial charge in [-0.05, 0) is 48.0 Å². The summed E-state index contributed by atoms with van der Waals surface area (Å²) in [6.45, 7) is 0. The van der Waals surface area contributed by atoms with E-state index in [1.54, 1.807) is 24.3 Å². The molecule has 3 aromatic rings. The summed E-state index contributed by atoms with van der Waals surface area (Å²) in [5.74, 6) is 0.0919. The minimum absolute atomic E-state index is 0.0834. The Balaban J connectivity index is 1.84. The number of nitrogens with two attached hydrogens (primary N) is 1. The van der Waals surface area contributed by atoms with Gasteiger partial charge < -0.3 is 25.8 Å². The summed E-state index contributed by atoms with van der Waals surface area (Å²) < 4.78 is 38.9. The molecule has 0 aliphatic heterocycles. The summed E-state index contributed by atoms with van der Waals surface area (Å²) in [6.07, 6.45) is 0.190. The minimum atomic E-state index is -4.08. The number of rotatable bonds is 10. The molecule has 0 aromatic heterocycles. The first-order valence-corrected chi connectivity index (χ1v) is 12.0. The number of benzene rings is 3. The summed E-state index contributed by atoms with van der Waals surface area (Å²) in [4.78, 5) is 24.2. The molecule has 0 saturated carbocycles. The summed E-state index contributed by atoms with van der Waals surface area (Å²) in [5.41, 5.74) is 6.56. The molecule has 10 nitrogen and oxygen atoms in total. The fourth-order valence-corrected chi connectivity index (χ4v) is 4.55. The van der Waals surface area contributed by atoms with E-state index >= 15 is 0 Å². The van der Waals surface area contributed by atoms with Crippen LogP contribution in [0.25, 0.3) is 0 Å². The lowest BCUT2D eigenvalue weighted by molar-refractivity contribution is -0.117. The zero-order valence-corrected chi connectivity index (χ0v) is 20.0. The van der Waals surface area contributed by atoms with E-state index in [2.05, 4.69) is 15.4 Å². The zero-order valence-electron chi connectivity index (χ0n) is 19.1. The van der Waals surface area contributed by atoms with Crippen LogP contribution >= 0.6 is 0 Å². The van der Waals surface area contributed by atoms with Crippen LogP contribution in [0.4, 0.5) is 16.2 Å². The van der Waals surface area contributed by atoms with Crippen molar-refractivity contribution in [3.8, 4) is 11.5 Å². The number of carbonyl (C=O) groups is 2. The molecule has 0 heterocycles. The molecular weight excluding hydrogens is 472 g/mol. The van der Waals surface area contributed by atoms with Crippen molar-refractivity contribution in [3.05, 3.63) is 78.4 Å². The number of ether oxygens (including phenoxy) is 2. The molecule has 3 rings (SSSR count). The van der Waals surface area contributed by atoms with Crippen molar-refractivity contribution < 1.29 is 27.5 Å². The van der Waals surface area contributed by atoms with Crippen LogP contribution < -0.4 is 30.6 Å². The van der Waals surface area contributed by atoms with Crippen molar-refractivity contribution in [2.75, 3.05) is 24.3 Å². The first-order valence-electron chi connectivity index (χ1n) is 10.5. The second-order valence-corrected chi connectivity index (χ2v) is 9.09. The van der Waals surface area contributed by atoms with Gasteiger partial charge in [0.05, 0.1) is 14.2 Å². The van der Waals surface area contributed by atoms with Gasteiger partial charge in [0.2, 0.25) is 5.91 Å². The van der Waals surface area contributed by atoms with Crippen LogP contribution in [0.2, 0.25) is 0 Å². The Morgan fingerprint density at radius 2 is 1.57 bits per heavy atom. The molecule has 11 heteroatoms. The fraction of sp³-hybridized carbons (Fsp3) is 0.167. The molecule has 184 valence electrons. The van der Waals surface area contributed by atoms with E-state index in [4.69, 9.17) is 15.2 Å². The lowest BCUT2D eigenvalue weighted by atomic mass is 10.1. The van der Waals surface area contributed by atoms with Crippen LogP contribution in [-0.2, 0) is 21.2 Å². The normalized spacial score (nSPS) is 11.7. The van der Waals surface area contributed by atoms with Crippen LogP contribution in [0.5, 0.6) is 11.5 Å². The van der Waals surface area contributed by atoms with E-state index < -0.39 is 28.0 Å². The van der Waals surface area contributed by atoms with E-state index in [9.17, 15) is 18.0 Å². The summed E-state index contributed by atoms with van der Waals surface area (Å²) in [7, 11) is -1.23. The first kappa shape index (κ1) is 25.4. The lowest BCUT2D eigenvalue weighted by Gasteiger charge is -2.18. The molecular formula is C24H26N4O6S. The van der Waals surface area contributed by atoms with Gasteiger partial charge in [0.1, 0.15) is 22.4 Å². The van der Waals surface area contributed by atoms with Gasteiger partial charge in [-0.25, -0.2) is 13.2 Å². The van der Waals surface area contributed by atoms with Gasteiger partial charge in [0.15, 0.2) is 0 Å². The third-order valence-corrected chi connectivity index (χ3v) is 6.38. The standard InChI is InChI=1S/C24H26N4O6S/c1-33-19-11-8-17(9-12-19)28-35(31,32)22-15-18(10-13-21(22)34-2)26-23(29)20(27-24(25)30)14-16-6-4-3-5-7-16/h3-13,15,20,28H,14H2,1-2H3,(H,26,29)(H3,25,27,30). The number of anilines is 2. The van der Waals surface area contributed by atoms with Crippen molar-refractivity contribution in [2.45, 2.75) is 17.4 Å². The Labute approximate surface area is 203 Å². The highest BCUT2D eigenvalue weighted by atomic mass is 32.2. The number of hydrogen-bond donors (Lipinski definition) is 4. The third-order valence-electron chi connectivity index (χ3n) is 4.98. The fourth-order valence-electron chi connectivity index (χ4n) is 3.29. The molecule has 0 aliphatic carbocycles. The topological polar surface area (TPSA) is 149 Å². The van der Waals surface area contributed by atoms with Crippen LogP contribution in [0.3, 0.4) is 0 Å². The van der Waals surface area contributed by atoms with E-state index in [1.807, 2.05) is 30.3 Å². The summed E-state index contributed by atoms with van der Waals surface area (Å²) >= 11 is 0. The molecule has 0 bridgehead atoms. The highest BCUT2D eigenvalue weighted by molar-refractivity contribution is 7.92. The van der Waals surface area contributed by atoms with Crippen molar-refractivity contribution in [2.24, 2.45) is 5.73 Å². The molecule has 0 fully saturated rings. The van der Waals surface area contributed by atoms with Crippen LogP contribution in [0, 0.1) is 0 Å². The quantitative estimate of drug-likeness (QED) is 0.338. The SMILES string of the molecule is COc1ccc(NS(=O)(=O)c2cc(NC(=O)C(Cc3ccccc3)NC(N)=O)ccc2OC)cc1. The smallest absolute Gasteiger partial charge is 0.312 e. The summed E-state index contributed by atoms with van der Waals surface area (Å²) in [6, 6.07) is 17.8. The Hall–Kier alpha value is -4.25. The van der Waals surface area contributed by atoms with Gasteiger partial charge in [0.25, 0.3) is 10.0 Å². The minimum Gasteiger partial charge on any atom is -0.497 e. The average molecular weight is 499 g/mol. The van der Waals surface area contributed by atoms with Crippen molar-refractivity contribution in [1.82, 2.24) is 5.32 Å². The zero-order chi connectivity index (χ0) is 25.4. The highest BCUT2D eigenvalue weighted by Gasteiger charge is 2.24. The van der Waals surface area contributed by atoms with E-state index in [1.165, 1.54) is 32.4 Å². The largest absolute Gasteiger partial charge is 0.497 e. The van der Waals surface area contributed by atoms with Crippen molar-refractivity contribution in [3.63, 3.8) is 0 Å². The Morgan fingerprint density at radius 3 is 2.17 bits per heavy atom. The number of methoxy groups -OCH3 is 2. The second kappa shape index (κ2) is 11.3. The molecule has 5 N–H and O–H groups in total. The second-order valence-electron chi connectivity index (χ2n) is 7.44. The molecule has 0 radical (unpaired) electrons. The predicted molar refractivity (Wildman–Crippen MR) is 132 cm³/mol. The van der Waals surface area contributed by atoms with Gasteiger partial charge in [-0.15, -0.1) is 0 Å². The third kappa shape index (κ3) is 6.87. The number of primary amides is 1. The predicted octanol–water partition coefficient (Wildman–Crippen LogP) is 2.72. The highest BCUT2D eigenvalue weighted by Crippen LogP contribution is 2.29. The van der Waals surface area contributed by atoms with Gasteiger partial charge in [-0.3, -0.25) is 9.52 Å². The monoisotopic (exact) mass is 498 g/mol. The lowest BCUT2D eigenvalue weighted by Crippen LogP contribution is -2.47. The van der Waals surface area contributed by atoms with E-state index in [0.29, 0.717) is 11.4 Å². The molecule has 35 heavy (non-hydrogen) atoms. The molecule has 3 aromatic carbocycles. The van der Waals surface area contributed by atoms with Crippen molar-refractivity contribution >= 4 is 33.3 Å². The Bertz CT molecular complexity index is 1280. The molecule has 1 atom stereocenters. The number of sulfonamides is 1. The van der Waals surface area contributed by atoms with Crippen molar-refractivity contribution in [1.29, 1.82) is 0 Å². The average Bonchev–Trinajstić information content (AvgIpc) is 2.84. The van der Waals surface area contributed by atoms with E-state index in [0.717, 1.165) is 5.56 Å². The van der Waals surface area contributed by atoms with Gasteiger partial charge in [0, 0.05) is 17.8 Å². The summed E-state index contributed by atoms with van der Waals surface area (Å²) in [5, 5.41) is 5.06. The number of nitrogens with one attached hydrogen (secondary N) is 3. The molecule has 1 unspecified atom stereocenters. The van der Waals surface area contributed by atoms with E-state index in [-0.39, 0.29) is 22.8 Å². The maximum atomic E-state index is 13.1. The maximum absolute atomic E-state index is 13.1. The van der Waals surface area contributed by atoms with Crippen LogP contribution in [0.1, 0.15) is 5.56 Å². The molecule has 0 saturated heterocycles. The maximum Gasteiger partial charge on any atom is 0.312 e. The molecule has 0 spiro atoms. The van der Waals surface area contributed by atoms with Gasteiger partial charge in [-0.1, -0.05) is 30.3 Å². The Kier molecular flexibility index (Phi) is 8.16. The number of amides is 3. The number of carbonyl (C=O) groups excluding carboxylic acids is 2. The number of hydrogen-bond acceptors (Lipinski definition) is 6. The van der Waals surface area contributed by atoms with Crippen LogP contribution in [0.15, 0.2) is 77.7 Å². The number of urea groups is 1. The van der Waals surface area contributed by atoms with Gasteiger partial charge >= 0.3 is 6.03 Å².